The molecule has 0 spiro atoms. The third-order valence-corrected chi connectivity index (χ3v) is 9.14. The number of aryl methyl sites for hydroxylation is 1. The van der Waals surface area contributed by atoms with Gasteiger partial charge in [0.25, 0.3) is 11.5 Å². The van der Waals surface area contributed by atoms with E-state index in [1.165, 1.54) is 38.5 Å². The number of alkyl halides is 4. The van der Waals surface area contributed by atoms with Gasteiger partial charge < -0.3 is 18.9 Å². The quantitative estimate of drug-likeness (QED) is 0.319. The molecule has 0 aliphatic carbocycles. The molecular weight excluding hydrogens is 608 g/mol. The average Bonchev–Trinajstić information content (AvgIpc) is 3.46. The minimum atomic E-state index is -4.29. The molecule has 1 saturated heterocycles. The van der Waals surface area contributed by atoms with Crippen molar-refractivity contribution in [2.24, 2.45) is 0 Å². The van der Waals surface area contributed by atoms with E-state index in [4.69, 9.17) is 0 Å². The predicted octanol–water partition coefficient (Wildman–Crippen LogP) is 4.18. The molecule has 0 saturated carbocycles. The second kappa shape index (κ2) is 9.15. The number of aromatic nitrogens is 4. The summed E-state index contributed by atoms with van der Waals surface area (Å²) in [4.78, 5) is 38.5. The average molecular weight is 632 g/mol. The van der Waals surface area contributed by atoms with E-state index >= 15 is 0 Å². The number of carbonyl (C=O) groups excluding carboxylic acids is 1. The van der Waals surface area contributed by atoms with E-state index in [2.05, 4.69) is 9.97 Å². The molecule has 0 N–H and O–H groups in total. The molecule has 0 bridgehead atoms. The number of carbonyl (C=O) groups is 1. The molecule has 3 aromatic heterocycles. The summed E-state index contributed by atoms with van der Waals surface area (Å²) in [5.41, 5.74) is 1.85. The monoisotopic (exact) mass is 632 g/mol. The van der Waals surface area contributed by atoms with E-state index in [9.17, 15) is 22.8 Å². The van der Waals surface area contributed by atoms with Gasteiger partial charge in [0, 0.05) is 37.3 Å². The largest absolute Gasteiger partial charge is 0.404 e. The van der Waals surface area contributed by atoms with E-state index in [1.54, 1.807) is 44.4 Å². The van der Waals surface area contributed by atoms with Gasteiger partial charge >= 0.3 is 6.18 Å². The number of thiazole rings is 1. The van der Waals surface area contributed by atoms with Crippen LogP contribution >= 0.6 is 33.9 Å². The molecule has 5 rings (SSSR count). The number of piperidine rings is 1. The second-order valence-electron chi connectivity index (χ2n) is 9.33. The minimum absolute atomic E-state index is 0.0898. The van der Waals surface area contributed by atoms with Crippen molar-refractivity contribution in [1.29, 1.82) is 0 Å². The first-order valence-corrected chi connectivity index (χ1v) is 13.4. The number of hydrogen-bond donors (Lipinski definition) is 0. The van der Waals surface area contributed by atoms with Gasteiger partial charge in [-0.3, -0.25) is 9.59 Å². The Bertz CT molecular complexity index is 1370. The lowest BCUT2D eigenvalue weighted by atomic mass is 9.98. The topological polar surface area (TPSA) is 76.3 Å². The fourth-order valence-electron chi connectivity index (χ4n) is 4.72. The summed E-state index contributed by atoms with van der Waals surface area (Å²) >= 11 is 2.82. The molecule has 5 heterocycles. The zero-order chi connectivity index (χ0) is 25.8. The Morgan fingerprint density at radius 1 is 1.28 bits per heavy atom. The van der Waals surface area contributed by atoms with Crippen LogP contribution in [0.1, 0.15) is 41.6 Å². The van der Waals surface area contributed by atoms with Crippen LogP contribution in [0, 0.1) is 6.92 Å². The van der Waals surface area contributed by atoms with E-state index < -0.39 is 9.60 Å². The highest BCUT2D eigenvalue weighted by Gasteiger charge is 2.55. The van der Waals surface area contributed by atoms with Crippen LogP contribution in [-0.2, 0) is 13.1 Å². The van der Waals surface area contributed by atoms with E-state index in [1.807, 2.05) is 13.8 Å². The van der Waals surface area contributed by atoms with Crippen molar-refractivity contribution in [3.63, 3.8) is 0 Å². The summed E-state index contributed by atoms with van der Waals surface area (Å²) in [6, 6.07) is 3.00. The first-order chi connectivity index (χ1) is 17.0. The minimum Gasteiger partial charge on any atom is -0.346 e. The molecular formula is C23H24F3IN6O2S. The molecule has 13 heteroatoms. The number of fused-ring (bicyclic) bond motifs is 1. The van der Waals surface area contributed by atoms with Crippen molar-refractivity contribution in [2.75, 3.05) is 18.0 Å². The molecule has 0 aromatic carbocycles. The lowest BCUT2D eigenvalue weighted by Crippen LogP contribution is -2.52. The second-order valence-corrected chi connectivity index (χ2v) is 12.2. The van der Waals surface area contributed by atoms with Gasteiger partial charge in [-0.15, -0.1) is 11.3 Å². The van der Waals surface area contributed by atoms with Gasteiger partial charge in [0.05, 0.1) is 24.3 Å². The van der Waals surface area contributed by atoms with Crippen LogP contribution in [0.3, 0.4) is 0 Å². The number of imidazole rings is 1. The molecule has 3 aromatic rings. The molecule has 2 unspecified atom stereocenters. The van der Waals surface area contributed by atoms with Crippen LogP contribution in [0.5, 0.6) is 0 Å². The van der Waals surface area contributed by atoms with Gasteiger partial charge in [-0.25, -0.2) is 9.97 Å². The Kier molecular flexibility index (Phi) is 6.42. The molecule has 0 radical (unpaired) electrons. The fourth-order valence-corrected chi connectivity index (χ4v) is 6.35. The lowest BCUT2D eigenvalue weighted by molar-refractivity contribution is -0.155. The fraction of sp³-hybridized carbons (Fsp3) is 0.478. The van der Waals surface area contributed by atoms with Crippen molar-refractivity contribution >= 4 is 45.0 Å². The molecule has 192 valence electrons. The van der Waals surface area contributed by atoms with Crippen LogP contribution in [0.15, 0.2) is 34.8 Å². The van der Waals surface area contributed by atoms with Gasteiger partial charge in [-0.05, 0) is 38.8 Å². The standard InChI is InChI=1S/C23H24F3IN6O2S/c1-14-8-31(13-28-14)17-4-5-18-20(35)32(15(2)9-33(18)19(17)34)10-16-11-36-21(29-16)30-7-3-6-22(27,12-30)23(24,25)26/h4-5,8,11,13,15H,3,6-7,9-10,12H2,1-2H3. The highest BCUT2D eigenvalue weighted by molar-refractivity contribution is 14.1. The lowest BCUT2D eigenvalue weighted by Gasteiger charge is -2.40. The van der Waals surface area contributed by atoms with Crippen LogP contribution in [0.4, 0.5) is 18.3 Å². The van der Waals surface area contributed by atoms with Crippen molar-refractivity contribution < 1.29 is 18.0 Å². The summed E-state index contributed by atoms with van der Waals surface area (Å²) in [6.45, 7) is 4.62. The number of amides is 1. The summed E-state index contributed by atoms with van der Waals surface area (Å²) in [7, 11) is 0. The summed E-state index contributed by atoms with van der Waals surface area (Å²) in [5.74, 6) is -0.282. The molecule has 2 atom stereocenters. The Morgan fingerprint density at radius 2 is 2.06 bits per heavy atom. The first-order valence-electron chi connectivity index (χ1n) is 11.5. The van der Waals surface area contributed by atoms with Crippen LogP contribution in [-0.4, -0.2) is 58.6 Å². The number of pyridine rings is 1. The molecule has 1 amide bonds. The smallest absolute Gasteiger partial charge is 0.346 e. The normalized spacial score (nSPS) is 22.7. The van der Waals surface area contributed by atoms with E-state index in [0.29, 0.717) is 41.7 Å². The Hall–Kier alpha value is -2.42. The van der Waals surface area contributed by atoms with Crippen LogP contribution in [0.2, 0.25) is 0 Å². The molecule has 8 nitrogen and oxygen atoms in total. The van der Waals surface area contributed by atoms with Gasteiger partial charge in [0.15, 0.2) is 5.13 Å². The van der Waals surface area contributed by atoms with Crippen molar-refractivity contribution in [2.45, 2.75) is 55.4 Å². The Balaban J connectivity index is 1.35. The number of hydrogen-bond acceptors (Lipinski definition) is 6. The number of nitrogens with zero attached hydrogens (tertiary/aromatic N) is 6. The van der Waals surface area contributed by atoms with E-state index in [-0.39, 0.29) is 37.0 Å². The number of anilines is 1. The Labute approximate surface area is 222 Å². The van der Waals surface area contributed by atoms with Crippen molar-refractivity contribution in [3.8, 4) is 5.69 Å². The summed E-state index contributed by atoms with van der Waals surface area (Å²) in [6.07, 6.45) is -0.441. The molecule has 1 fully saturated rings. The highest BCUT2D eigenvalue weighted by atomic mass is 127. The predicted molar refractivity (Wildman–Crippen MR) is 138 cm³/mol. The van der Waals surface area contributed by atoms with Crippen molar-refractivity contribution in [3.05, 3.63) is 57.5 Å². The maximum atomic E-state index is 13.6. The number of halogens is 4. The zero-order valence-corrected chi connectivity index (χ0v) is 22.6. The van der Waals surface area contributed by atoms with Gasteiger partial charge in [0.1, 0.15) is 14.8 Å². The van der Waals surface area contributed by atoms with Crippen LogP contribution < -0.4 is 10.5 Å². The zero-order valence-electron chi connectivity index (χ0n) is 19.6. The summed E-state index contributed by atoms with van der Waals surface area (Å²) in [5, 5.41) is 2.32. The maximum absolute atomic E-state index is 13.6. The Morgan fingerprint density at radius 3 is 2.75 bits per heavy atom. The summed E-state index contributed by atoms with van der Waals surface area (Å²) < 4.78 is 42.0. The van der Waals surface area contributed by atoms with E-state index in [0.717, 1.165) is 5.69 Å². The van der Waals surface area contributed by atoms with Crippen LogP contribution in [0.25, 0.3) is 5.69 Å². The SMILES string of the molecule is Cc1cn(-c2ccc3n(c2=O)CC(C)N(Cc2csc(N4CCCC(I)(C(F)(F)F)C4)n2)C3=O)cn1. The highest BCUT2D eigenvalue weighted by Crippen LogP contribution is 2.45. The molecule has 2 aliphatic rings. The van der Waals surface area contributed by atoms with Gasteiger partial charge in [-0.1, -0.05) is 22.6 Å². The maximum Gasteiger partial charge on any atom is 0.404 e. The van der Waals surface area contributed by atoms with Gasteiger partial charge in [-0.2, -0.15) is 13.2 Å². The van der Waals surface area contributed by atoms with Crippen molar-refractivity contribution in [1.82, 2.24) is 24.0 Å². The number of rotatable bonds is 4. The first kappa shape index (κ1) is 25.2. The molecule has 2 aliphatic heterocycles. The molecule has 36 heavy (non-hydrogen) atoms. The third kappa shape index (κ3) is 4.44. The van der Waals surface area contributed by atoms with Gasteiger partial charge in [0.2, 0.25) is 0 Å². The third-order valence-electron chi connectivity index (χ3n) is 6.70.